The largest absolute Gasteiger partial charge is 0.462 e. The Labute approximate surface area is 379 Å². The first-order valence-corrected chi connectivity index (χ1v) is 26.9. The molecule has 0 aliphatic heterocycles. The van der Waals surface area contributed by atoms with E-state index in [1.54, 1.807) is 0 Å². The Morgan fingerprint density at radius 2 is 0.574 bits per heavy atom. The summed E-state index contributed by atoms with van der Waals surface area (Å²) in [6, 6.07) is 0. The van der Waals surface area contributed by atoms with Gasteiger partial charge in [0.2, 0.25) is 0 Å². The molecule has 0 aromatic carbocycles. The van der Waals surface area contributed by atoms with E-state index in [2.05, 4.69) is 45.1 Å². The first kappa shape index (κ1) is 58.9. The molecule has 0 N–H and O–H groups in total. The zero-order valence-corrected chi connectivity index (χ0v) is 40.9. The highest BCUT2D eigenvalue weighted by Crippen LogP contribution is 2.16. The van der Waals surface area contributed by atoms with Crippen molar-refractivity contribution in [2.75, 3.05) is 13.2 Å². The van der Waals surface area contributed by atoms with E-state index in [-0.39, 0.29) is 31.1 Å². The molecule has 0 radical (unpaired) electrons. The highest BCUT2D eigenvalue weighted by Gasteiger charge is 2.19. The molecule has 358 valence electrons. The maximum atomic E-state index is 12.8. The number of hydrogen-bond acceptors (Lipinski definition) is 6. The summed E-state index contributed by atoms with van der Waals surface area (Å²) < 4.78 is 16.8. The number of carbonyl (C=O) groups excluding carboxylic acids is 3. The second-order valence-corrected chi connectivity index (χ2v) is 18.2. The summed E-state index contributed by atoms with van der Waals surface area (Å²) in [5.74, 6) is -0.855. The second kappa shape index (κ2) is 50.5. The molecule has 0 saturated carbocycles. The van der Waals surface area contributed by atoms with Gasteiger partial charge in [0.15, 0.2) is 6.10 Å². The summed E-state index contributed by atoms with van der Waals surface area (Å²) in [6.45, 7) is 6.63. The fourth-order valence-electron chi connectivity index (χ4n) is 7.91. The lowest BCUT2D eigenvalue weighted by Gasteiger charge is -2.18. The predicted molar refractivity (Wildman–Crippen MR) is 261 cm³/mol. The first-order valence-electron chi connectivity index (χ1n) is 26.9. The van der Waals surface area contributed by atoms with E-state index < -0.39 is 6.10 Å². The Kier molecular flexibility index (Phi) is 48.8. The van der Waals surface area contributed by atoms with Crippen LogP contribution in [0.15, 0.2) is 24.3 Å². The molecule has 0 aromatic rings. The van der Waals surface area contributed by atoms with E-state index >= 15 is 0 Å². The molecule has 6 heteroatoms. The summed E-state index contributed by atoms with van der Waals surface area (Å²) in [5.41, 5.74) is 0. The van der Waals surface area contributed by atoms with Crippen LogP contribution in [-0.2, 0) is 28.6 Å². The van der Waals surface area contributed by atoms with Crippen LogP contribution in [0, 0.1) is 0 Å². The van der Waals surface area contributed by atoms with Crippen LogP contribution in [0.2, 0.25) is 0 Å². The summed E-state index contributed by atoms with van der Waals surface area (Å²) in [5, 5.41) is 0. The lowest BCUT2D eigenvalue weighted by molar-refractivity contribution is -0.167. The van der Waals surface area contributed by atoms with Crippen LogP contribution in [0.5, 0.6) is 0 Å². The molecule has 0 bridgehead atoms. The Bertz CT molecular complexity index is 989. The van der Waals surface area contributed by atoms with E-state index in [4.69, 9.17) is 14.2 Å². The van der Waals surface area contributed by atoms with Crippen molar-refractivity contribution in [3.63, 3.8) is 0 Å². The molecule has 1 unspecified atom stereocenters. The van der Waals surface area contributed by atoms with E-state index in [0.717, 1.165) is 57.8 Å². The zero-order valence-electron chi connectivity index (χ0n) is 40.9. The van der Waals surface area contributed by atoms with Gasteiger partial charge >= 0.3 is 17.9 Å². The van der Waals surface area contributed by atoms with Crippen molar-refractivity contribution in [2.24, 2.45) is 0 Å². The van der Waals surface area contributed by atoms with Crippen LogP contribution in [0.25, 0.3) is 0 Å². The molecule has 0 spiro atoms. The number of unbranched alkanes of at least 4 members (excludes halogenated alkanes) is 35. The van der Waals surface area contributed by atoms with E-state index in [9.17, 15) is 14.4 Å². The third-order valence-electron chi connectivity index (χ3n) is 12.0. The maximum Gasteiger partial charge on any atom is 0.306 e. The van der Waals surface area contributed by atoms with Crippen LogP contribution in [0.1, 0.15) is 290 Å². The quantitative estimate of drug-likeness (QED) is 0.0262. The normalized spacial score (nSPS) is 12.1. The van der Waals surface area contributed by atoms with Gasteiger partial charge in [0, 0.05) is 19.3 Å². The molecule has 0 aliphatic rings. The summed E-state index contributed by atoms with van der Waals surface area (Å²) in [7, 11) is 0. The van der Waals surface area contributed by atoms with Crippen molar-refractivity contribution in [1.82, 2.24) is 0 Å². The lowest BCUT2D eigenvalue weighted by Crippen LogP contribution is -2.30. The van der Waals surface area contributed by atoms with Crippen molar-refractivity contribution < 1.29 is 28.6 Å². The topological polar surface area (TPSA) is 78.9 Å². The van der Waals surface area contributed by atoms with Crippen LogP contribution >= 0.6 is 0 Å². The Morgan fingerprint density at radius 1 is 0.328 bits per heavy atom. The van der Waals surface area contributed by atoms with Gasteiger partial charge in [0.25, 0.3) is 0 Å². The molecule has 1 atom stereocenters. The van der Waals surface area contributed by atoms with Crippen molar-refractivity contribution in [3.8, 4) is 0 Å². The molecule has 0 aliphatic carbocycles. The van der Waals surface area contributed by atoms with Gasteiger partial charge in [0.05, 0.1) is 0 Å². The standard InChI is InChI=1S/C55H102O6/c1-4-7-10-13-16-19-22-25-26-27-28-29-30-31-34-36-39-42-45-48-54(57)60-51-52(61-55(58)49-46-43-40-37-33-24-21-18-15-12-9-6-3)50-59-53(56)47-44-41-38-35-32-23-20-17-14-11-8-5-2/h16,19,22,25,52H,4-15,17-18,20-21,23-24,26-51H2,1-3H3/b19-16-,25-22-. The Hall–Kier alpha value is -2.11. The molecule has 61 heavy (non-hydrogen) atoms. The van der Waals surface area contributed by atoms with Crippen LogP contribution < -0.4 is 0 Å². The second-order valence-electron chi connectivity index (χ2n) is 18.2. The number of rotatable bonds is 49. The molecule has 0 amide bonds. The number of allylic oxidation sites excluding steroid dienone is 4. The van der Waals surface area contributed by atoms with E-state index in [1.165, 1.54) is 193 Å². The molecule has 0 fully saturated rings. The predicted octanol–water partition coefficient (Wildman–Crippen LogP) is 17.5. The van der Waals surface area contributed by atoms with Crippen LogP contribution in [0.4, 0.5) is 0 Å². The molecule has 0 rings (SSSR count). The molecule has 6 nitrogen and oxygen atoms in total. The molecule has 0 heterocycles. The molecular formula is C55H102O6. The number of hydrogen-bond donors (Lipinski definition) is 0. The van der Waals surface area contributed by atoms with Gasteiger partial charge in [-0.15, -0.1) is 0 Å². The van der Waals surface area contributed by atoms with Crippen LogP contribution in [-0.4, -0.2) is 37.2 Å². The number of ether oxygens (including phenoxy) is 3. The SMILES string of the molecule is CCCCC/C=C\C=C/CCCCCCCCCCCCC(=O)OCC(COC(=O)CCCCCCCCCCCCCC)OC(=O)CCCCCCCCCCCCCC. The fourth-order valence-corrected chi connectivity index (χ4v) is 7.91. The Morgan fingerprint density at radius 3 is 0.902 bits per heavy atom. The first-order chi connectivity index (χ1) is 30.0. The average molecular weight is 859 g/mol. The van der Waals surface area contributed by atoms with Gasteiger partial charge in [-0.2, -0.15) is 0 Å². The monoisotopic (exact) mass is 859 g/mol. The minimum atomic E-state index is -0.765. The van der Waals surface area contributed by atoms with Gasteiger partial charge in [-0.3, -0.25) is 14.4 Å². The smallest absolute Gasteiger partial charge is 0.306 e. The van der Waals surface area contributed by atoms with Gasteiger partial charge in [-0.25, -0.2) is 0 Å². The molecular weight excluding hydrogens is 757 g/mol. The fraction of sp³-hybridized carbons (Fsp3) is 0.873. The third kappa shape index (κ3) is 48.8. The van der Waals surface area contributed by atoms with E-state index in [0.29, 0.717) is 19.3 Å². The van der Waals surface area contributed by atoms with Crippen molar-refractivity contribution in [2.45, 2.75) is 297 Å². The zero-order chi connectivity index (χ0) is 44.4. The minimum Gasteiger partial charge on any atom is -0.462 e. The van der Waals surface area contributed by atoms with Gasteiger partial charge in [-0.05, 0) is 44.9 Å². The van der Waals surface area contributed by atoms with Crippen molar-refractivity contribution in [3.05, 3.63) is 24.3 Å². The maximum absolute atomic E-state index is 12.8. The Balaban J connectivity index is 4.28. The van der Waals surface area contributed by atoms with Crippen molar-refractivity contribution >= 4 is 17.9 Å². The lowest BCUT2D eigenvalue weighted by atomic mass is 10.0. The molecule has 0 saturated heterocycles. The number of carbonyl (C=O) groups is 3. The highest BCUT2D eigenvalue weighted by atomic mass is 16.6. The van der Waals surface area contributed by atoms with Crippen LogP contribution in [0.3, 0.4) is 0 Å². The van der Waals surface area contributed by atoms with Gasteiger partial charge < -0.3 is 14.2 Å². The van der Waals surface area contributed by atoms with E-state index in [1.807, 2.05) is 0 Å². The van der Waals surface area contributed by atoms with Crippen molar-refractivity contribution in [1.29, 1.82) is 0 Å². The van der Waals surface area contributed by atoms with Gasteiger partial charge in [0.1, 0.15) is 13.2 Å². The summed E-state index contributed by atoms with van der Waals surface area (Å²) in [4.78, 5) is 38.0. The summed E-state index contributed by atoms with van der Waals surface area (Å²) in [6.07, 6.45) is 57.3. The number of esters is 3. The highest BCUT2D eigenvalue weighted by molar-refractivity contribution is 5.71. The third-order valence-corrected chi connectivity index (χ3v) is 12.0. The molecule has 0 aromatic heterocycles. The van der Waals surface area contributed by atoms with Gasteiger partial charge in [-0.1, -0.05) is 251 Å². The minimum absolute atomic E-state index is 0.0670. The average Bonchev–Trinajstić information content (AvgIpc) is 3.26. The summed E-state index contributed by atoms with van der Waals surface area (Å²) >= 11 is 0.